The number of hydrogen-bond donors (Lipinski definition) is 4. The highest BCUT2D eigenvalue weighted by atomic mass is 16.7. The number of unbranched alkanes of at least 4 members (excludes halogenated alkanes) is 18. The van der Waals surface area contributed by atoms with Crippen LogP contribution >= 0.6 is 0 Å². The van der Waals surface area contributed by atoms with E-state index in [1.165, 1.54) is 89.9 Å². The molecule has 4 N–H and O–H groups in total. The molecule has 6 atom stereocenters. The lowest BCUT2D eigenvalue weighted by molar-refractivity contribution is -0.305. The number of aliphatic hydroxyl groups is 4. The van der Waals surface area contributed by atoms with Crippen molar-refractivity contribution in [2.75, 3.05) is 19.8 Å². The maximum absolute atomic E-state index is 12.7. The highest BCUT2D eigenvalue weighted by Crippen LogP contribution is 2.22. The van der Waals surface area contributed by atoms with Crippen molar-refractivity contribution < 1.29 is 49.0 Å². The average molecular weight is 807 g/mol. The van der Waals surface area contributed by atoms with Gasteiger partial charge in [0, 0.05) is 12.8 Å². The molecule has 1 heterocycles. The highest BCUT2D eigenvalue weighted by molar-refractivity contribution is 5.70. The number of esters is 2. The van der Waals surface area contributed by atoms with Crippen molar-refractivity contribution in [1.29, 1.82) is 0 Å². The SMILES string of the molecule is CCCCCCCC/C=C/C/C=C/C/C=C/CCCC(=O)O[C@H](COC(=O)CCCCC/C=C/CCCCCCCCCC)CO[C@@H]1O[C@H](CO)[C@H](O)C(O)C1O. The third kappa shape index (κ3) is 29.5. The van der Waals surface area contributed by atoms with E-state index in [2.05, 4.69) is 56.4 Å². The zero-order valence-corrected chi connectivity index (χ0v) is 35.8. The number of carbonyl (C=O) groups excluding carboxylic acids is 2. The van der Waals surface area contributed by atoms with Crippen LogP contribution in [-0.4, -0.2) is 89.0 Å². The molecule has 0 spiro atoms. The van der Waals surface area contributed by atoms with Crippen LogP contribution < -0.4 is 0 Å². The van der Waals surface area contributed by atoms with E-state index < -0.39 is 55.4 Å². The topological polar surface area (TPSA) is 152 Å². The van der Waals surface area contributed by atoms with Gasteiger partial charge in [-0.1, -0.05) is 146 Å². The smallest absolute Gasteiger partial charge is 0.306 e. The molecular formula is C47H82O10. The summed E-state index contributed by atoms with van der Waals surface area (Å²) in [6.07, 6.45) is 37.0. The molecular weight excluding hydrogens is 725 g/mol. The number of ether oxygens (including phenoxy) is 4. The molecule has 1 aliphatic heterocycles. The largest absolute Gasteiger partial charge is 0.462 e. The molecule has 0 aromatic rings. The average Bonchev–Trinajstić information content (AvgIpc) is 3.21. The lowest BCUT2D eigenvalue weighted by atomic mass is 9.99. The minimum atomic E-state index is -1.61. The van der Waals surface area contributed by atoms with Crippen LogP contribution in [0.15, 0.2) is 48.6 Å². The van der Waals surface area contributed by atoms with Gasteiger partial charge in [-0.25, -0.2) is 0 Å². The van der Waals surface area contributed by atoms with Crippen LogP contribution in [0, 0.1) is 0 Å². The number of aliphatic hydroxyl groups excluding tert-OH is 4. The summed E-state index contributed by atoms with van der Waals surface area (Å²) in [6, 6.07) is 0. The number of rotatable bonds is 37. The van der Waals surface area contributed by atoms with Gasteiger partial charge in [0.1, 0.15) is 31.0 Å². The standard InChI is InChI=1S/C47H82O10/c1-3-5-7-9-11-13-15-17-19-20-22-24-26-28-30-32-34-36-43(50)56-40(39-55-47-46(53)45(52)44(51)41(37-48)57-47)38-54-42(49)35-33-31-29-27-25-23-21-18-16-14-12-10-8-6-4-2/h17,19,22-25,28,30,40-41,44-48,51-53H,3-16,18,20-21,26-27,29,31-39H2,1-2H3/b19-17+,24-22+,25-23+,30-28+/t40-,41-,44+,45?,46?,47-/m1/s1. The van der Waals surface area contributed by atoms with Gasteiger partial charge in [-0.3, -0.25) is 9.59 Å². The molecule has 0 amide bonds. The summed E-state index contributed by atoms with van der Waals surface area (Å²) in [5.74, 6) is -0.887. The molecule has 10 heteroatoms. The van der Waals surface area contributed by atoms with Crippen LogP contribution in [0.5, 0.6) is 0 Å². The molecule has 0 bridgehead atoms. The predicted octanol–water partition coefficient (Wildman–Crippen LogP) is 9.67. The van der Waals surface area contributed by atoms with Crippen molar-refractivity contribution in [2.24, 2.45) is 0 Å². The third-order valence-electron chi connectivity index (χ3n) is 10.2. The van der Waals surface area contributed by atoms with E-state index in [4.69, 9.17) is 18.9 Å². The molecule has 330 valence electrons. The zero-order chi connectivity index (χ0) is 41.6. The van der Waals surface area contributed by atoms with Gasteiger partial charge in [0.2, 0.25) is 0 Å². The van der Waals surface area contributed by atoms with E-state index in [0.29, 0.717) is 19.3 Å². The van der Waals surface area contributed by atoms with Crippen LogP contribution in [0.4, 0.5) is 0 Å². The molecule has 1 rings (SSSR count). The number of allylic oxidation sites excluding steroid dienone is 8. The first-order valence-corrected chi connectivity index (χ1v) is 22.7. The van der Waals surface area contributed by atoms with E-state index in [1.807, 2.05) is 6.08 Å². The maximum atomic E-state index is 12.7. The molecule has 2 unspecified atom stereocenters. The summed E-state index contributed by atoms with van der Waals surface area (Å²) in [5.41, 5.74) is 0. The first-order chi connectivity index (χ1) is 27.8. The minimum Gasteiger partial charge on any atom is -0.462 e. The molecule has 57 heavy (non-hydrogen) atoms. The second kappa shape index (κ2) is 37.9. The Balaban J connectivity index is 2.39. The summed E-state index contributed by atoms with van der Waals surface area (Å²) in [5, 5.41) is 40.0. The Bertz CT molecular complexity index is 1070. The van der Waals surface area contributed by atoms with Crippen molar-refractivity contribution in [2.45, 2.75) is 218 Å². The van der Waals surface area contributed by atoms with E-state index in [1.54, 1.807) is 0 Å². The van der Waals surface area contributed by atoms with Crippen LogP contribution in [0.3, 0.4) is 0 Å². The van der Waals surface area contributed by atoms with Crippen molar-refractivity contribution in [1.82, 2.24) is 0 Å². The van der Waals surface area contributed by atoms with Gasteiger partial charge in [0.15, 0.2) is 12.4 Å². The van der Waals surface area contributed by atoms with Crippen LogP contribution in [0.2, 0.25) is 0 Å². The fourth-order valence-corrected chi connectivity index (χ4v) is 6.55. The lowest BCUT2D eigenvalue weighted by Crippen LogP contribution is -2.59. The molecule has 0 aromatic carbocycles. The maximum Gasteiger partial charge on any atom is 0.306 e. The van der Waals surface area contributed by atoms with Gasteiger partial charge >= 0.3 is 11.9 Å². The summed E-state index contributed by atoms with van der Waals surface area (Å²) in [7, 11) is 0. The van der Waals surface area contributed by atoms with Crippen LogP contribution in [0.1, 0.15) is 181 Å². The van der Waals surface area contributed by atoms with Crippen LogP contribution in [-0.2, 0) is 28.5 Å². The molecule has 1 saturated heterocycles. The van der Waals surface area contributed by atoms with E-state index in [-0.39, 0.29) is 26.1 Å². The molecule has 0 saturated carbocycles. The second-order valence-electron chi connectivity index (χ2n) is 15.5. The first kappa shape index (κ1) is 52.7. The molecule has 10 nitrogen and oxygen atoms in total. The van der Waals surface area contributed by atoms with Gasteiger partial charge in [0.25, 0.3) is 0 Å². The third-order valence-corrected chi connectivity index (χ3v) is 10.2. The van der Waals surface area contributed by atoms with Crippen molar-refractivity contribution in [3.63, 3.8) is 0 Å². The number of carbonyl (C=O) groups is 2. The molecule has 1 aliphatic rings. The molecule has 0 radical (unpaired) electrons. The van der Waals surface area contributed by atoms with Gasteiger partial charge in [-0.15, -0.1) is 0 Å². The predicted molar refractivity (Wildman–Crippen MR) is 229 cm³/mol. The van der Waals surface area contributed by atoms with Crippen molar-refractivity contribution in [3.05, 3.63) is 48.6 Å². The summed E-state index contributed by atoms with van der Waals surface area (Å²) < 4.78 is 22.1. The van der Waals surface area contributed by atoms with E-state index in [9.17, 15) is 30.0 Å². The Morgan fingerprint density at radius 2 is 1.00 bits per heavy atom. The molecule has 1 fully saturated rings. The first-order valence-electron chi connectivity index (χ1n) is 22.7. The van der Waals surface area contributed by atoms with Crippen molar-refractivity contribution in [3.8, 4) is 0 Å². The Kier molecular flexibility index (Phi) is 35.0. The van der Waals surface area contributed by atoms with Crippen molar-refractivity contribution >= 4 is 11.9 Å². The Labute approximate surface area is 346 Å². The Hall–Kier alpha value is -2.34. The van der Waals surface area contributed by atoms with Gasteiger partial charge in [-0.2, -0.15) is 0 Å². The summed E-state index contributed by atoms with van der Waals surface area (Å²) >= 11 is 0. The van der Waals surface area contributed by atoms with Gasteiger partial charge < -0.3 is 39.4 Å². The second-order valence-corrected chi connectivity index (χ2v) is 15.5. The summed E-state index contributed by atoms with van der Waals surface area (Å²) in [6.45, 7) is 3.35. The molecule has 0 aromatic heterocycles. The van der Waals surface area contributed by atoms with Crippen LogP contribution in [0.25, 0.3) is 0 Å². The summed E-state index contributed by atoms with van der Waals surface area (Å²) in [4.78, 5) is 25.3. The number of hydrogen-bond acceptors (Lipinski definition) is 10. The monoisotopic (exact) mass is 807 g/mol. The van der Waals surface area contributed by atoms with Gasteiger partial charge in [0.05, 0.1) is 13.2 Å². The molecule has 0 aliphatic carbocycles. The minimum absolute atomic E-state index is 0.154. The fraction of sp³-hybridized carbons (Fsp3) is 0.787. The fourth-order valence-electron chi connectivity index (χ4n) is 6.55. The van der Waals surface area contributed by atoms with Gasteiger partial charge in [-0.05, 0) is 70.6 Å². The normalized spacial score (nSPS) is 20.7. The highest BCUT2D eigenvalue weighted by Gasteiger charge is 2.44. The Morgan fingerprint density at radius 1 is 0.544 bits per heavy atom. The van der Waals surface area contributed by atoms with E-state index >= 15 is 0 Å². The van der Waals surface area contributed by atoms with E-state index in [0.717, 1.165) is 44.9 Å². The Morgan fingerprint density at radius 3 is 1.54 bits per heavy atom. The zero-order valence-electron chi connectivity index (χ0n) is 35.8. The lowest BCUT2D eigenvalue weighted by Gasteiger charge is -2.39. The quantitative estimate of drug-likeness (QED) is 0.0271.